The first kappa shape index (κ1) is 27.4. The Morgan fingerprint density at radius 2 is 1.38 bits per heavy atom. The molecule has 0 spiro atoms. The predicted molar refractivity (Wildman–Crippen MR) is 205 cm³/mol. The van der Waals surface area contributed by atoms with Crippen molar-refractivity contribution in [2.24, 2.45) is 10.9 Å². The van der Waals surface area contributed by atoms with Crippen LogP contribution in [-0.2, 0) is 0 Å². The Balaban J connectivity index is 1.35. The summed E-state index contributed by atoms with van der Waals surface area (Å²) < 4.78 is 4.96. The highest BCUT2D eigenvalue weighted by molar-refractivity contribution is 6.38. The maximum absolute atomic E-state index is 9.59. The van der Waals surface area contributed by atoms with E-state index in [4.69, 9.17) is 9.98 Å². The summed E-state index contributed by atoms with van der Waals surface area (Å²) in [5.41, 5.74) is 8.98. The van der Waals surface area contributed by atoms with Crippen LogP contribution < -0.4 is 0 Å². The fraction of sp³-hybridized carbons (Fsp3) is 0.0889. The number of pyridine rings is 1. The lowest BCUT2D eigenvalue weighted by molar-refractivity contribution is 0.563. The molecule has 2 unspecified atom stereocenters. The molecule has 0 fully saturated rings. The van der Waals surface area contributed by atoms with E-state index in [2.05, 4.69) is 131 Å². The van der Waals surface area contributed by atoms with Gasteiger partial charge in [0, 0.05) is 55.9 Å². The monoisotopic (exact) mass is 639 g/mol. The van der Waals surface area contributed by atoms with Crippen molar-refractivity contribution in [1.29, 1.82) is 5.26 Å². The number of para-hydroxylation sites is 2. The zero-order chi connectivity index (χ0) is 33.1. The molecule has 4 aromatic heterocycles. The zero-order valence-corrected chi connectivity index (χ0v) is 27.3. The minimum absolute atomic E-state index is 0.0250. The molecule has 11 rings (SSSR count). The van der Waals surface area contributed by atoms with Crippen molar-refractivity contribution < 1.29 is 0 Å². The number of aliphatic imine (C=N–C) groups is 1. The average molecular weight is 640 g/mol. The van der Waals surface area contributed by atoms with Gasteiger partial charge in [-0.3, -0.25) is 4.57 Å². The van der Waals surface area contributed by atoms with E-state index in [0.29, 0.717) is 5.56 Å². The summed E-state index contributed by atoms with van der Waals surface area (Å²) in [6, 6.07) is 48.0. The Morgan fingerprint density at radius 1 is 0.660 bits per heavy atom. The molecule has 234 valence electrons. The number of fused-ring (bicyclic) bond motifs is 13. The maximum Gasteiger partial charge on any atom is 0.157 e. The Labute approximate surface area is 287 Å². The molecule has 2 atom stereocenters. The summed E-state index contributed by atoms with van der Waals surface area (Å²) in [5.74, 6) is 1.84. The lowest BCUT2D eigenvalue weighted by Gasteiger charge is -2.33. The quantitative estimate of drug-likeness (QED) is 0.189. The van der Waals surface area contributed by atoms with E-state index in [9.17, 15) is 5.26 Å². The highest BCUT2D eigenvalue weighted by Gasteiger charge is 2.37. The fourth-order valence-corrected chi connectivity index (χ4v) is 9.12. The largest absolute Gasteiger partial charge is 0.308 e. The first-order valence-corrected chi connectivity index (χ1v) is 17.3. The van der Waals surface area contributed by atoms with E-state index < -0.39 is 0 Å². The molecule has 0 saturated heterocycles. The summed E-state index contributed by atoms with van der Waals surface area (Å²) in [6.07, 6.45) is 2.72. The van der Waals surface area contributed by atoms with E-state index in [1.165, 1.54) is 70.7 Å². The molecule has 6 aromatic carbocycles. The van der Waals surface area contributed by atoms with Gasteiger partial charge in [0.15, 0.2) is 5.82 Å². The van der Waals surface area contributed by atoms with Crippen LogP contribution >= 0.6 is 0 Å². The molecular formula is C45H29N5. The van der Waals surface area contributed by atoms with Crippen molar-refractivity contribution >= 4 is 82.3 Å². The third-order valence-corrected chi connectivity index (χ3v) is 11.2. The zero-order valence-electron chi connectivity index (χ0n) is 27.3. The molecule has 1 aliphatic heterocycles. The van der Waals surface area contributed by atoms with E-state index in [-0.39, 0.29) is 11.8 Å². The van der Waals surface area contributed by atoms with Crippen LogP contribution in [-0.4, -0.2) is 19.8 Å². The van der Waals surface area contributed by atoms with Gasteiger partial charge in [0.25, 0.3) is 0 Å². The molecule has 5 nitrogen and oxygen atoms in total. The number of hydrogen-bond donors (Lipinski definition) is 0. The molecule has 10 aromatic rings. The number of hydrogen-bond acceptors (Lipinski definition) is 3. The van der Waals surface area contributed by atoms with Gasteiger partial charge in [0.05, 0.1) is 39.2 Å². The van der Waals surface area contributed by atoms with Gasteiger partial charge >= 0.3 is 0 Å². The van der Waals surface area contributed by atoms with Gasteiger partial charge in [-0.15, -0.1) is 0 Å². The molecule has 5 heterocycles. The minimum atomic E-state index is 0.0250. The van der Waals surface area contributed by atoms with Crippen molar-refractivity contribution in [1.82, 2.24) is 14.0 Å². The van der Waals surface area contributed by atoms with Crippen molar-refractivity contribution in [3.05, 3.63) is 150 Å². The second kappa shape index (κ2) is 10.0. The van der Waals surface area contributed by atoms with E-state index >= 15 is 0 Å². The standard InChI is InChI=1S/C45H29N5/c1-2-29-39(28-19-17-26(25-46)18-20-28)33-14-9-23-47-44(33)48-45(29)50-37-16-8-6-13-32(37)35-24-34-31-12-5-7-15-36(31)49-38-22-21-27-10-3-4-11-30(27)40(38)41(42(34)49)43(35)50/h3-24,29,39H,2H2,1H3. The maximum atomic E-state index is 9.59. The number of nitriles is 1. The lowest BCUT2D eigenvalue weighted by Crippen LogP contribution is -2.31. The van der Waals surface area contributed by atoms with E-state index in [1.807, 2.05) is 24.4 Å². The summed E-state index contributed by atoms with van der Waals surface area (Å²) in [4.78, 5) is 10.4. The highest BCUT2D eigenvalue weighted by atomic mass is 15.1. The van der Waals surface area contributed by atoms with Crippen LogP contribution in [0.15, 0.2) is 139 Å². The first-order valence-electron chi connectivity index (χ1n) is 17.3. The topological polar surface area (TPSA) is 58.4 Å². The fourth-order valence-electron chi connectivity index (χ4n) is 9.12. The van der Waals surface area contributed by atoms with Crippen LogP contribution in [0.5, 0.6) is 0 Å². The van der Waals surface area contributed by atoms with Crippen LogP contribution in [0.1, 0.15) is 36.0 Å². The van der Waals surface area contributed by atoms with Gasteiger partial charge in [-0.1, -0.05) is 91.9 Å². The smallest absolute Gasteiger partial charge is 0.157 e. The van der Waals surface area contributed by atoms with Gasteiger partial charge in [0.2, 0.25) is 0 Å². The molecular weight excluding hydrogens is 611 g/mol. The minimum Gasteiger partial charge on any atom is -0.308 e. The lowest BCUT2D eigenvalue weighted by atomic mass is 9.77. The van der Waals surface area contributed by atoms with Gasteiger partial charge < -0.3 is 4.40 Å². The van der Waals surface area contributed by atoms with Crippen molar-refractivity contribution in [3.63, 3.8) is 0 Å². The summed E-state index contributed by atoms with van der Waals surface area (Å²) in [7, 11) is 0. The Kier molecular flexibility index (Phi) is 5.49. The normalized spacial score (nSPS) is 16.3. The van der Waals surface area contributed by atoms with Crippen LogP contribution in [0, 0.1) is 17.2 Å². The average Bonchev–Trinajstić information content (AvgIpc) is 3.82. The third kappa shape index (κ3) is 3.45. The Morgan fingerprint density at radius 3 is 2.18 bits per heavy atom. The predicted octanol–water partition coefficient (Wildman–Crippen LogP) is 11.1. The molecule has 0 saturated carbocycles. The van der Waals surface area contributed by atoms with Crippen molar-refractivity contribution in [2.45, 2.75) is 19.3 Å². The first-order chi connectivity index (χ1) is 24.7. The van der Waals surface area contributed by atoms with Gasteiger partial charge in [-0.05, 0) is 65.2 Å². The molecule has 0 bridgehead atoms. The summed E-state index contributed by atoms with van der Waals surface area (Å²) in [5, 5.41) is 19.6. The Hall–Kier alpha value is -6.51. The molecule has 0 aliphatic carbocycles. The van der Waals surface area contributed by atoms with Gasteiger partial charge in [-0.2, -0.15) is 5.26 Å². The second-order valence-corrected chi connectivity index (χ2v) is 13.5. The van der Waals surface area contributed by atoms with Crippen LogP contribution in [0.25, 0.3) is 70.7 Å². The highest BCUT2D eigenvalue weighted by Crippen LogP contribution is 2.49. The summed E-state index contributed by atoms with van der Waals surface area (Å²) in [6.45, 7) is 2.27. The number of rotatable bonds is 2. The van der Waals surface area contributed by atoms with Crippen LogP contribution in [0.3, 0.4) is 0 Å². The molecule has 0 N–H and O–H groups in total. The molecule has 5 heteroatoms. The van der Waals surface area contributed by atoms with Crippen LogP contribution in [0.2, 0.25) is 0 Å². The molecule has 0 amide bonds. The summed E-state index contributed by atoms with van der Waals surface area (Å²) >= 11 is 0. The molecule has 0 radical (unpaired) electrons. The van der Waals surface area contributed by atoms with E-state index in [1.54, 1.807) is 0 Å². The molecule has 50 heavy (non-hydrogen) atoms. The third-order valence-electron chi connectivity index (χ3n) is 11.2. The van der Waals surface area contributed by atoms with E-state index in [0.717, 1.165) is 29.2 Å². The van der Waals surface area contributed by atoms with Crippen molar-refractivity contribution in [2.75, 3.05) is 0 Å². The molecule has 1 aliphatic rings. The van der Waals surface area contributed by atoms with Crippen molar-refractivity contribution in [3.8, 4) is 6.07 Å². The Bertz CT molecular complexity index is 3100. The SMILES string of the molecule is CCC1C(n2c3ccccc3c3cc4c5ccccc5n5c6ccc7ccccc7c6c(c32)c45)=Nc2ncccc2C1c1ccc(C#N)cc1. The van der Waals surface area contributed by atoms with Crippen LogP contribution in [0.4, 0.5) is 5.82 Å². The second-order valence-electron chi connectivity index (χ2n) is 13.5. The number of nitrogens with zero attached hydrogens (tertiary/aromatic N) is 5. The van der Waals surface area contributed by atoms with Gasteiger partial charge in [0.1, 0.15) is 5.84 Å². The number of benzene rings is 6. The number of aromatic nitrogens is 3. The van der Waals surface area contributed by atoms with Gasteiger partial charge in [-0.25, -0.2) is 9.98 Å².